The Bertz CT molecular complexity index is 927. The monoisotopic (exact) mass is 362 g/mol. The summed E-state index contributed by atoms with van der Waals surface area (Å²) in [5.41, 5.74) is 3.46. The van der Waals surface area contributed by atoms with Crippen molar-refractivity contribution in [2.45, 2.75) is 13.3 Å². The third-order valence-electron chi connectivity index (χ3n) is 4.14. The second kappa shape index (κ2) is 8.80. The van der Waals surface area contributed by atoms with Crippen LogP contribution in [0.2, 0.25) is 0 Å². The van der Waals surface area contributed by atoms with Gasteiger partial charge in [-0.25, -0.2) is 9.97 Å². The van der Waals surface area contributed by atoms with E-state index in [0.29, 0.717) is 24.5 Å². The maximum absolute atomic E-state index is 12.4. The Labute approximate surface area is 158 Å². The Hall–Kier alpha value is -3.41. The zero-order valence-electron chi connectivity index (χ0n) is 15.4. The van der Waals surface area contributed by atoms with Crippen LogP contribution in [0.25, 0.3) is 0 Å². The largest absolute Gasteiger partial charge is 0.497 e. The van der Waals surface area contributed by atoms with Crippen LogP contribution in [0.5, 0.6) is 5.75 Å². The maximum Gasteiger partial charge on any atom is 0.270 e. The summed E-state index contributed by atoms with van der Waals surface area (Å²) in [4.78, 5) is 20.6. The lowest BCUT2D eigenvalue weighted by Gasteiger charge is -2.10. The van der Waals surface area contributed by atoms with Gasteiger partial charge in [-0.1, -0.05) is 30.3 Å². The molecule has 138 valence electrons. The number of aryl methyl sites for hydroxylation is 1. The number of methoxy groups -OCH3 is 1. The molecule has 0 unspecified atom stereocenters. The van der Waals surface area contributed by atoms with Crippen molar-refractivity contribution in [1.82, 2.24) is 15.3 Å². The fourth-order valence-electron chi connectivity index (χ4n) is 2.64. The first-order valence-corrected chi connectivity index (χ1v) is 8.71. The fourth-order valence-corrected chi connectivity index (χ4v) is 2.64. The number of carbonyl (C=O) groups excluding carboxylic acids is 1. The van der Waals surface area contributed by atoms with Crippen molar-refractivity contribution in [3.05, 3.63) is 77.7 Å². The van der Waals surface area contributed by atoms with E-state index >= 15 is 0 Å². The summed E-state index contributed by atoms with van der Waals surface area (Å²) in [6, 6.07) is 17.3. The van der Waals surface area contributed by atoms with Gasteiger partial charge in [-0.2, -0.15) is 0 Å². The molecular weight excluding hydrogens is 340 g/mol. The van der Waals surface area contributed by atoms with Crippen LogP contribution < -0.4 is 15.4 Å². The second-order valence-corrected chi connectivity index (χ2v) is 6.09. The number of amides is 1. The molecule has 3 rings (SSSR count). The van der Waals surface area contributed by atoms with Gasteiger partial charge in [0.15, 0.2) is 0 Å². The third kappa shape index (κ3) is 5.04. The SMILES string of the molecule is COc1cccc(CCNC(=O)c2cc(Nc3ccccc3C)ncn2)c1. The van der Waals surface area contributed by atoms with E-state index in [2.05, 4.69) is 20.6 Å². The zero-order chi connectivity index (χ0) is 19.1. The molecule has 2 aromatic carbocycles. The first kappa shape index (κ1) is 18.4. The fraction of sp³-hybridized carbons (Fsp3) is 0.190. The van der Waals surface area contributed by atoms with Crippen LogP contribution >= 0.6 is 0 Å². The molecule has 6 heteroatoms. The molecule has 2 N–H and O–H groups in total. The van der Waals surface area contributed by atoms with Crippen molar-refractivity contribution < 1.29 is 9.53 Å². The minimum absolute atomic E-state index is 0.229. The number of anilines is 2. The van der Waals surface area contributed by atoms with Crippen LogP contribution in [0.15, 0.2) is 60.9 Å². The maximum atomic E-state index is 12.4. The lowest BCUT2D eigenvalue weighted by atomic mass is 10.1. The summed E-state index contributed by atoms with van der Waals surface area (Å²) in [7, 11) is 1.64. The minimum Gasteiger partial charge on any atom is -0.497 e. The third-order valence-corrected chi connectivity index (χ3v) is 4.14. The Kier molecular flexibility index (Phi) is 5.99. The molecule has 0 bridgehead atoms. The summed E-state index contributed by atoms with van der Waals surface area (Å²) in [6.07, 6.45) is 2.10. The molecule has 0 aliphatic rings. The number of aromatic nitrogens is 2. The van der Waals surface area contributed by atoms with Crippen LogP contribution in [-0.4, -0.2) is 29.5 Å². The number of para-hydroxylation sites is 1. The predicted octanol–water partition coefficient (Wildman–Crippen LogP) is 3.51. The molecule has 1 aromatic heterocycles. The Morgan fingerprint density at radius 3 is 2.74 bits per heavy atom. The molecule has 0 saturated heterocycles. The van der Waals surface area contributed by atoms with Crippen molar-refractivity contribution in [2.75, 3.05) is 19.0 Å². The Balaban J connectivity index is 1.59. The number of rotatable bonds is 7. The van der Waals surface area contributed by atoms with E-state index < -0.39 is 0 Å². The number of nitrogens with one attached hydrogen (secondary N) is 2. The van der Waals surface area contributed by atoms with Crippen molar-refractivity contribution in [2.24, 2.45) is 0 Å². The van der Waals surface area contributed by atoms with E-state index in [4.69, 9.17) is 4.74 Å². The first-order chi connectivity index (χ1) is 13.2. The second-order valence-electron chi connectivity index (χ2n) is 6.09. The molecule has 0 fully saturated rings. The number of benzene rings is 2. The normalized spacial score (nSPS) is 10.3. The molecule has 0 aliphatic carbocycles. The van der Waals surface area contributed by atoms with Crippen LogP contribution in [0.4, 0.5) is 11.5 Å². The highest BCUT2D eigenvalue weighted by Crippen LogP contribution is 2.18. The van der Waals surface area contributed by atoms with Gasteiger partial charge in [-0.3, -0.25) is 4.79 Å². The number of ether oxygens (including phenoxy) is 1. The van der Waals surface area contributed by atoms with Crippen molar-refractivity contribution in [3.8, 4) is 5.75 Å². The molecule has 3 aromatic rings. The van der Waals surface area contributed by atoms with Gasteiger partial charge in [-0.15, -0.1) is 0 Å². The highest BCUT2D eigenvalue weighted by molar-refractivity contribution is 5.93. The van der Waals surface area contributed by atoms with E-state index in [1.807, 2.05) is 55.5 Å². The predicted molar refractivity (Wildman–Crippen MR) is 106 cm³/mol. The number of hydrogen-bond acceptors (Lipinski definition) is 5. The van der Waals surface area contributed by atoms with Gasteiger partial charge < -0.3 is 15.4 Å². The summed E-state index contributed by atoms with van der Waals surface area (Å²) < 4.78 is 5.21. The number of hydrogen-bond donors (Lipinski definition) is 2. The highest BCUT2D eigenvalue weighted by Gasteiger charge is 2.09. The molecular formula is C21H22N4O2. The average Bonchev–Trinajstić information content (AvgIpc) is 2.70. The van der Waals surface area contributed by atoms with Gasteiger partial charge in [0.25, 0.3) is 5.91 Å². The topological polar surface area (TPSA) is 76.1 Å². The van der Waals surface area contributed by atoms with Crippen LogP contribution in [0.1, 0.15) is 21.6 Å². The Morgan fingerprint density at radius 1 is 1.07 bits per heavy atom. The van der Waals surface area contributed by atoms with Gasteiger partial charge in [0.2, 0.25) is 0 Å². The average molecular weight is 362 g/mol. The van der Waals surface area contributed by atoms with Gasteiger partial charge in [-0.05, 0) is 42.7 Å². The van der Waals surface area contributed by atoms with E-state index in [9.17, 15) is 4.79 Å². The molecule has 1 amide bonds. The van der Waals surface area contributed by atoms with Gasteiger partial charge >= 0.3 is 0 Å². The molecule has 0 atom stereocenters. The lowest BCUT2D eigenvalue weighted by Crippen LogP contribution is -2.26. The standard InChI is InChI=1S/C21H22N4O2/c1-15-6-3-4-9-18(15)25-20-13-19(23-14-24-20)21(26)22-11-10-16-7-5-8-17(12-16)27-2/h3-9,12-14H,10-11H2,1-2H3,(H,22,26)(H,23,24,25). The molecule has 0 aliphatic heterocycles. The van der Waals surface area contributed by atoms with E-state index in [-0.39, 0.29) is 5.91 Å². The molecule has 1 heterocycles. The number of carbonyl (C=O) groups is 1. The summed E-state index contributed by atoms with van der Waals surface area (Å²) >= 11 is 0. The molecule has 6 nitrogen and oxygen atoms in total. The summed E-state index contributed by atoms with van der Waals surface area (Å²) in [6.45, 7) is 2.52. The minimum atomic E-state index is -0.229. The van der Waals surface area contributed by atoms with Crippen LogP contribution in [-0.2, 0) is 6.42 Å². The molecule has 27 heavy (non-hydrogen) atoms. The quantitative estimate of drug-likeness (QED) is 0.673. The number of nitrogens with zero attached hydrogens (tertiary/aromatic N) is 2. The smallest absolute Gasteiger partial charge is 0.270 e. The molecule has 0 spiro atoms. The van der Waals surface area contributed by atoms with E-state index in [1.165, 1.54) is 6.33 Å². The van der Waals surface area contributed by atoms with Crippen molar-refractivity contribution in [3.63, 3.8) is 0 Å². The van der Waals surface area contributed by atoms with Gasteiger partial charge in [0.05, 0.1) is 7.11 Å². The van der Waals surface area contributed by atoms with Crippen molar-refractivity contribution >= 4 is 17.4 Å². The lowest BCUT2D eigenvalue weighted by molar-refractivity contribution is 0.0949. The summed E-state index contributed by atoms with van der Waals surface area (Å²) in [5, 5.41) is 6.11. The molecule has 0 radical (unpaired) electrons. The molecule has 0 saturated carbocycles. The van der Waals surface area contributed by atoms with E-state index in [0.717, 1.165) is 22.6 Å². The van der Waals surface area contributed by atoms with Gasteiger partial charge in [0, 0.05) is 18.3 Å². The van der Waals surface area contributed by atoms with Crippen LogP contribution in [0.3, 0.4) is 0 Å². The highest BCUT2D eigenvalue weighted by atomic mass is 16.5. The van der Waals surface area contributed by atoms with Crippen molar-refractivity contribution in [1.29, 1.82) is 0 Å². The summed E-state index contributed by atoms with van der Waals surface area (Å²) in [5.74, 6) is 1.16. The Morgan fingerprint density at radius 2 is 1.93 bits per heavy atom. The van der Waals surface area contributed by atoms with Crippen LogP contribution in [0, 0.1) is 6.92 Å². The van der Waals surface area contributed by atoms with E-state index in [1.54, 1.807) is 13.2 Å². The zero-order valence-corrected chi connectivity index (χ0v) is 15.4. The first-order valence-electron chi connectivity index (χ1n) is 8.71. The van der Waals surface area contributed by atoms with Gasteiger partial charge in [0.1, 0.15) is 23.6 Å².